The van der Waals surface area contributed by atoms with Crippen molar-refractivity contribution in [1.29, 1.82) is 0 Å². The maximum Gasteiger partial charge on any atom is 0.178 e. The highest BCUT2D eigenvalue weighted by molar-refractivity contribution is 9.10. The van der Waals surface area contributed by atoms with E-state index >= 15 is 0 Å². The first-order valence-electron chi connectivity index (χ1n) is 9.18. The van der Waals surface area contributed by atoms with E-state index in [9.17, 15) is 4.39 Å². The molecule has 2 aromatic heterocycles. The number of hydrogen-bond donors (Lipinski definition) is 0. The molecule has 0 aliphatic rings. The fraction of sp³-hybridized carbons (Fsp3) is 0.130. The molecule has 3 nitrogen and oxygen atoms in total. The number of pyridine rings is 1. The van der Waals surface area contributed by atoms with Crippen LogP contribution in [-0.2, 0) is 13.0 Å². The number of hydrogen-bond acceptors (Lipinski definition) is 2. The molecule has 2 heterocycles. The first kappa shape index (κ1) is 21.4. The first-order chi connectivity index (χ1) is 13.7. The Kier molecular flexibility index (Phi) is 7.34. The van der Waals surface area contributed by atoms with Gasteiger partial charge in [-0.25, -0.2) is 9.37 Å². The van der Waals surface area contributed by atoms with Crippen LogP contribution in [0.5, 0.6) is 0 Å². The summed E-state index contributed by atoms with van der Waals surface area (Å²) in [7, 11) is 0. The molecule has 6 heteroatoms. The molecule has 0 amide bonds. The largest absolute Gasteiger partial charge is 0.318 e. The van der Waals surface area contributed by atoms with Crippen molar-refractivity contribution in [3.8, 4) is 22.5 Å². The van der Waals surface area contributed by atoms with E-state index in [1.54, 1.807) is 24.5 Å². The molecule has 0 saturated carbocycles. The smallest absolute Gasteiger partial charge is 0.178 e. The Hall–Kier alpha value is -2.31. The van der Waals surface area contributed by atoms with Gasteiger partial charge >= 0.3 is 0 Å². The minimum atomic E-state index is -0.254. The third kappa shape index (κ3) is 5.00. The molecule has 0 spiro atoms. The second-order valence-electron chi connectivity index (χ2n) is 6.56. The van der Waals surface area contributed by atoms with Gasteiger partial charge in [-0.2, -0.15) is 0 Å². The normalized spacial score (nSPS) is 10.6. The third-order valence-electron chi connectivity index (χ3n) is 4.68. The zero-order valence-electron chi connectivity index (χ0n) is 15.6. The van der Waals surface area contributed by atoms with Crippen molar-refractivity contribution >= 4 is 32.9 Å². The van der Waals surface area contributed by atoms with Crippen LogP contribution in [0.4, 0.5) is 4.39 Å². The van der Waals surface area contributed by atoms with Crippen molar-refractivity contribution in [3.63, 3.8) is 0 Å². The molecule has 0 aliphatic carbocycles. The predicted molar refractivity (Wildman–Crippen MR) is 124 cm³/mol. The summed E-state index contributed by atoms with van der Waals surface area (Å²) in [6.07, 6.45) is 5.53. The average molecular weight is 517 g/mol. The van der Waals surface area contributed by atoms with Crippen molar-refractivity contribution in [2.24, 2.45) is 0 Å². The monoisotopic (exact) mass is 515 g/mol. The van der Waals surface area contributed by atoms with Gasteiger partial charge in [-0.3, -0.25) is 4.98 Å². The first-order valence-corrected chi connectivity index (χ1v) is 9.98. The summed E-state index contributed by atoms with van der Waals surface area (Å²) in [4.78, 5) is 8.88. The van der Waals surface area contributed by atoms with Gasteiger partial charge in [0.05, 0.1) is 11.4 Å². The standard InChI is InChI=1S/C23H19BrFN3.BrH/c24-23-27-21(18-8-10-20(25)11-9-18)22(19-12-14-26-15-13-19)28(23)16-4-7-17-5-2-1-3-6-17;/h1-3,5-6,8-15H,4,7,16H2;1H. The Bertz CT molecular complexity index is 1050. The van der Waals surface area contributed by atoms with E-state index in [4.69, 9.17) is 4.98 Å². The number of halogens is 3. The van der Waals surface area contributed by atoms with E-state index in [2.05, 4.69) is 49.7 Å². The number of nitrogens with zero attached hydrogens (tertiary/aromatic N) is 3. The highest BCUT2D eigenvalue weighted by Gasteiger charge is 2.18. The highest BCUT2D eigenvalue weighted by atomic mass is 79.9. The number of imidazole rings is 1. The van der Waals surface area contributed by atoms with E-state index in [1.807, 2.05) is 18.2 Å². The second-order valence-corrected chi connectivity index (χ2v) is 7.27. The Labute approximate surface area is 188 Å². The number of benzene rings is 2. The molecule has 0 fully saturated rings. The zero-order chi connectivity index (χ0) is 19.3. The third-order valence-corrected chi connectivity index (χ3v) is 5.29. The summed E-state index contributed by atoms with van der Waals surface area (Å²) in [5, 5.41) is 0. The molecule has 4 rings (SSSR count). The maximum absolute atomic E-state index is 13.4. The molecule has 0 radical (unpaired) electrons. The van der Waals surface area contributed by atoms with Crippen LogP contribution in [0, 0.1) is 5.82 Å². The minimum Gasteiger partial charge on any atom is -0.318 e. The van der Waals surface area contributed by atoms with Crippen molar-refractivity contribution in [2.45, 2.75) is 19.4 Å². The lowest BCUT2D eigenvalue weighted by Crippen LogP contribution is -2.03. The molecule has 0 saturated heterocycles. The Balaban J connectivity index is 0.00000240. The molecule has 0 N–H and O–H groups in total. The molecule has 0 unspecified atom stereocenters. The van der Waals surface area contributed by atoms with Gasteiger partial charge in [0.1, 0.15) is 5.82 Å². The molecule has 0 atom stereocenters. The predicted octanol–water partition coefficient (Wildman–Crippen LogP) is 6.72. The van der Waals surface area contributed by atoms with E-state index in [0.29, 0.717) is 0 Å². The molecule has 4 aromatic rings. The lowest BCUT2D eigenvalue weighted by atomic mass is 10.1. The van der Waals surface area contributed by atoms with E-state index in [1.165, 1.54) is 17.7 Å². The minimum absolute atomic E-state index is 0. The lowest BCUT2D eigenvalue weighted by molar-refractivity contribution is 0.628. The van der Waals surface area contributed by atoms with Crippen LogP contribution in [-0.4, -0.2) is 14.5 Å². The van der Waals surface area contributed by atoms with Crippen molar-refractivity contribution in [1.82, 2.24) is 14.5 Å². The fourth-order valence-electron chi connectivity index (χ4n) is 3.33. The van der Waals surface area contributed by atoms with Crippen LogP contribution >= 0.6 is 32.9 Å². The molecular weight excluding hydrogens is 497 g/mol. The SMILES string of the molecule is Br.Fc1ccc(-c2nc(Br)n(CCCc3ccccc3)c2-c2ccncc2)cc1. The van der Waals surface area contributed by atoms with Gasteiger partial charge in [-0.05, 0) is 70.7 Å². The molecule has 29 heavy (non-hydrogen) atoms. The van der Waals surface area contributed by atoms with Crippen LogP contribution in [0.2, 0.25) is 0 Å². The number of aryl methyl sites for hydroxylation is 1. The van der Waals surface area contributed by atoms with Crippen molar-refractivity contribution in [2.75, 3.05) is 0 Å². The van der Waals surface area contributed by atoms with Crippen molar-refractivity contribution in [3.05, 3.63) is 95.2 Å². The van der Waals surface area contributed by atoms with E-state index < -0.39 is 0 Å². The summed E-state index contributed by atoms with van der Waals surface area (Å²) in [6, 6.07) is 20.9. The second kappa shape index (κ2) is 9.94. The summed E-state index contributed by atoms with van der Waals surface area (Å²) < 4.78 is 16.3. The summed E-state index contributed by atoms with van der Waals surface area (Å²) in [6.45, 7) is 0.821. The number of rotatable bonds is 6. The topological polar surface area (TPSA) is 30.7 Å². The molecule has 0 bridgehead atoms. The number of aromatic nitrogens is 3. The van der Waals surface area contributed by atoms with Crippen LogP contribution in [0.15, 0.2) is 83.9 Å². The van der Waals surface area contributed by atoms with E-state index in [-0.39, 0.29) is 22.8 Å². The van der Waals surface area contributed by atoms with Crippen molar-refractivity contribution < 1.29 is 4.39 Å². The maximum atomic E-state index is 13.4. The lowest BCUT2D eigenvalue weighted by Gasteiger charge is -2.11. The van der Waals surface area contributed by atoms with Crippen LogP contribution in [0.1, 0.15) is 12.0 Å². The molecule has 2 aromatic carbocycles. The van der Waals surface area contributed by atoms with Gasteiger partial charge in [-0.1, -0.05) is 30.3 Å². The Morgan fingerprint density at radius 3 is 2.24 bits per heavy atom. The summed E-state index contributed by atoms with van der Waals surface area (Å²) >= 11 is 3.63. The summed E-state index contributed by atoms with van der Waals surface area (Å²) in [5.41, 5.74) is 5.08. The summed E-state index contributed by atoms with van der Waals surface area (Å²) in [5.74, 6) is -0.254. The van der Waals surface area contributed by atoms with Gasteiger partial charge < -0.3 is 4.57 Å². The van der Waals surface area contributed by atoms with Crippen LogP contribution < -0.4 is 0 Å². The fourth-order valence-corrected chi connectivity index (χ4v) is 3.86. The van der Waals surface area contributed by atoms with Gasteiger partial charge in [0.2, 0.25) is 0 Å². The Morgan fingerprint density at radius 1 is 0.862 bits per heavy atom. The molecule has 0 aliphatic heterocycles. The quantitative estimate of drug-likeness (QED) is 0.284. The van der Waals surface area contributed by atoms with Crippen LogP contribution in [0.25, 0.3) is 22.5 Å². The Morgan fingerprint density at radius 2 is 1.55 bits per heavy atom. The average Bonchev–Trinajstić information content (AvgIpc) is 3.06. The van der Waals surface area contributed by atoms with Gasteiger partial charge in [0, 0.05) is 30.1 Å². The van der Waals surface area contributed by atoms with Gasteiger partial charge in [-0.15, -0.1) is 17.0 Å². The van der Waals surface area contributed by atoms with Gasteiger partial charge in [0.25, 0.3) is 0 Å². The van der Waals surface area contributed by atoms with Crippen LogP contribution in [0.3, 0.4) is 0 Å². The highest BCUT2D eigenvalue weighted by Crippen LogP contribution is 2.34. The molecular formula is C23H20Br2FN3. The van der Waals surface area contributed by atoms with E-state index in [0.717, 1.165) is 46.6 Å². The van der Waals surface area contributed by atoms with Gasteiger partial charge in [0.15, 0.2) is 4.73 Å². The zero-order valence-corrected chi connectivity index (χ0v) is 18.9. The molecule has 148 valence electrons.